The minimum absolute atomic E-state index is 0.273. The summed E-state index contributed by atoms with van der Waals surface area (Å²) in [5.41, 5.74) is 8.14. The molecule has 1 aliphatic rings. The molecule has 0 radical (unpaired) electrons. The van der Waals surface area contributed by atoms with Crippen LogP contribution >= 0.6 is 0 Å². The SMILES string of the molecule is CCCCCCCCc1ccc([C@@H]2CC[C@](N)(C(=O)OC)C2)cc1. The normalized spacial score (nSPS) is 23.4. The van der Waals surface area contributed by atoms with Crippen molar-refractivity contribution in [1.82, 2.24) is 0 Å². The van der Waals surface area contributed by atoms with Crippen LogP contribution in [0.1, 0.15) is 81.8 Å². The molecule has 0 bridgehead atoms. The lowest BCUT2D eigenvalue weighted by molar-refractivity contribution is -0.146. The van der Waals surface area contributed by atoms with Gasteiger partial charge >= 0.3 is 5.97 Å². The molecule has 1 aliphatic carbocycles. The predicted molar refractivity (Wildman–Crippen MR) is 99.0 cm³/mol. The number of nitrogens with two attached hydrogens (primary N) is 1. The number of carbonyl (C=O) groups is 1. The molecular weight excluding hydrogens is 298 g/mol. The topological polar surface area (TPSA) is 52.3 Å². The van der Waals surface area contributed by atoms with E-state index in [0.29, 0.717) is 18.8 Å². The third kappa shape index (κ3) is 5.07. The largest absolute Gasteiger partial charge is 0.468 e. The lowest BCUT2D eigenvalue weighted by Gasteiger charge is -2.20. The molecule has 0 aliphatic heterocycles. The average molecular weight is 332 g/mol. The standard InChI is InChI=1S/C21H33NO2/c1-3-4-5-6-7-8-9-17-10-12-18(13-11-17)19-14-15-21(22,16-19)20(23)24-2/h10-13,19H,3-9,14-16,22H2,1-2H3/t19-,21-/m1/s1. The summed E-state index contributed by atoms with van der Waals surface area (Å²) >= 11 is 0. The van der Waals surface area contributed by atoms with E-state index in [4.69, 9.17) is 10.5 Å². The van der Waals surface area contributed by atoms with Gasteiger partial charge in [-0.15, -0.1) is 0 Å². The molecule has 2 N–H and O–H groups in total. The molecule has 2 rings (SSSR count). The number of hydrogen-bond acceptors (Lipinski definition) is 3. The van der Waals surface area contributed by atoms with Crippen LogP contribution in [0.3, 0.4) is 0 Å². The molecule has 3 heteroatoms. The van der Waals surface area contributed by atoms with E-state index in [2.05, 4.69) is 31.2 Å². The summed E-state index contributed by atoms with van der Waals surface area (Å²) in [7, 11) is 1.42. The molecule has 0 saturated heterocycles. The molecule has 0 spiro atoms. The molecular formula is C21H33NO2. The summed E-state index contributed by atoms with van der Waals surface area (Å²) in [4.78, 5) is 11.8. The van der Waals surface area contributed by atoms with Gasteiger partial charge < -0.3 is 10.5 Å². The minimum atomic E-state index is -0.795. The van der Waals surface area contributed by atoms with Gasteiger partial charge in [-0.2, -0.15) is 0 Å². The fraction of sp³-hybridized carbons (Fsp3) is 0.667. The van der Waals surface area contributed by atoms with Crippen molar-refractivity contribution in [3.8, 4) is 0 Å². The Hall–Kier alpha value is -1.35. The molecule has 1 aromatic carbocycles. The van der Waals surface area contributed by atoms with Gasteiger partial charge in [-0.05, 0) is 49.1 Å². The van der Waals surface area contributed by atoms with Crippen LogP contribution in [0.25, 0.3) is 0 Å². The third-order valence-corrected chi connectivity index (χ3v) is 5.41. The summed E-state index contributed by atoms with van der Waals surface area (Å²) in [5, 5.41) is 0. The zero-order valence-electron chi connectivity index (χ0n) is 15.4. The monoisotopic (exact) mass is 331 g/mol. The predicted octanol–water partition coefficient (Wildman–Crippen LogP) is 4.73. The highest BCUT2D eigenvalue weighted by molar-refractivity contribution is 5.81. The van der Waals surface area contributed by atoms with Crippen molar-refractivity contribution < 1.29 is 9.53 Å². The number of benzene rings is 1. The van der Waals surface area contributed by atoms with Gasteiger partial charge in [-0.3, -0.25) is 4.79 Å². The molecule has 134 valence electrons. The average Bonchev–Trinajstić information content (AvgIpc) is 3.01. The Balaban J connectivity index is 1.79. The highest BCUT2D eigenvalue weighted by Gasteiger charge is 2.43. The van der Waals surface area contributed by atoms with Crippen molar-refractivity contribution in [2.45, 2.75) is 82.6 Å². The number of aryl methyl sites for hydroxylation is 1. The number of hydrogen-bond donors (Lipinski definition) is 1. The smallest absolute Gasteiger partial charge is 0.325 e. The summed E-state index contributed by atoms with van der Waals surface area (Å²) in [5.74, 6) is 0.0990. The van der Waals surface area contributed by atoms with Crippen LogP contribution in [-0.2, 0) is 16.0 Å². The first kappa shape index (κ1) is 19.0. The zero-order valence-corrected chi connectivity index (χ0v) is 15.4. The van der Waals surface area contributed by atoms with Crippen molar-refractivity contribution in [1.29, 1.82) is 0 Å². The second-order valence-electron chi connectivity index (χ2n) is 7.35. The highest BCUT2D eigenvalue weighted by Crippen LogP contribution is 2.40. The number of rotatable bonds is 9. The van der Waals surface area contributed by atoms with E-state index < -0.39 is 5.54 Å². The van der Waals surface area contributed by atoms with Crippen molar-refractivity contribution in [2.75, 3.05) is 7.11 Å². The molecule has 1 aromatic rings. The number of ether oxygens (including phenoxy) is 1. The lowest BCUT2D eigenvalue weighted by atomic mass is 9.92. The van der Waals surface area contributed by atoms with Gasteiger partial charge in [-0.25, -0.2) is 0 Å². The Labute approximate surface area is 147 Å². The van der Waals surface area contributed by atoms with E-state index in [-0.39, 0.29) is 5.97 Å². The van der Waals surface area contributed by atoms with E-state index in [0.717, 1.165) is 6.42 Å². The van der Waals surface area contributed by atoms with Gasteiger partial charge in [0.1, 0.15) is 5.54 Å². The molecule has 0 heterocycles. The van der Waals surface area contributed by atoms with Crippen molar-refractivity contribution >= 4 is 5.97 Å². The maximum absolute atomic E-state index is 11.8. The minimum Gasteiger partial charge on any atom is -0.468 e. The third-order valence-electron chi connectivity index (χ3n) is 5.41. The fourth-order valence-electron chi connectivity index (χ4n) is 3.81. The first-order valence-electron chi connectivity index (χ1n) is 9.55. The van der Waals surface area contributed by atoms with Gasteiger partial charge in [-0.1, -0.05) is 63.3 Å². The Morgan fingerprint density at radius 2 is 1.83 bits per heavy atom. The van der Waals surface area contributed by atoms with Crippen LogP contribution in [-0.4, -0.2) is 18.6 Å². The van der Waals surface area contributed by atoms with Crippen LogP contribution < -0.4 is 5.73 Å². The van der Waals surface area contributed by atoms with E-state index in [1.807, 2.05) is 0 Å². The Morgan fingerprint density at radius 3 is 2.50 bits per heavy atom. The van der Waals surface area contributed by atoms with Gasteiger partial charge in [0.2, 0.25) is 0 Å². The van der Waals surface area contributed by atoms with Gasteiger partial charge in [0, 0.05) is 0 Å². The number of unbranched alkanes of at least 4 members (excludes halogenated alkanes) is 5. The Bertz CT molecular complexity index is 511. The van der Waals surface area contributed by atoms with Gasteiger partial charge in [0.25, 0.3) is 0 Å². The van der Waals surface area contributed by atoms with E-state index in [1.54, 1.807) is 0 Å². The first-order valence-corrected chi connectivity index (χ1v) is 9.55. The Kier molecular flexibility index (Phi) is 7.29. The second-order valence-corrected chi connectivity index (χ2v) is 7.35. The quantitative estimate of drug-likeness (QED) is 0.526. The van der Waals surface area contributed by atoms with Crippen molar-refractivity contribution in [3.63, 3.8) is 0 Å². The van der Waals surface area contributed by atoms with E-state index >= 15 is 0 Å². The molecule has 2 atom stereocenters. The molecule has 1 saturated carbocycles. The summed E-state index contributed by atoms with van der Waals surface area (Å²) in [6.07, 6.45) is 11.5. The van der Waals surface area contributed by atoms with E-state index in [1.165, 1.54) is 63.2 Å². The molecule has 0 unspecified atom stereocenters. The molecule has 1 fully saturated rings. The molecule has 3 nitrogen and oxygen atoms in total. The van der Waals surface area contributed by atoms with Gasteiger partial charge in [0.05, 0.1) is 7.11 Å². The lowest BCUT2D eigenvalue weighted by Crippen LogP contribution is -2.46. The summed E-state index contributed by atoms with van der Waals surface area (Å²) < 4.78 is 4.86. The number of esters is 1. The van der Waals surface area contributed by atoms with Crippen LogP contribution in [0.2, 0.25) is 0 Å². The van der Waals surface area contributed by atoms with Crippen molar-refractivity contribution in [2.24, 2.45) is 5.73 Å². The molecule has 0 aromatic heterocycles. The van der Waals surface area contributed by atoms with E-state index in [9.17, 15) is 4.79 Å². The maximum atomic E-state index is 11.8. The van der Waals surface area contributed by atoms with Crippen LogP contribution in [0.15, 0.2) is 24.3 Å². The summed E-state index contributed by atoms with van der Waals surface area (Å²) in [6.45, 7) is 2.26. The highest BCUT2D eigenvalue weighted by atomic mass is 16.5. The van der Waals surface area contributed by atoms with Crippen LogP contribution in [0.4, 0.5) is 0 Å². The maximum Gasteiger partial charge on any atom is 0.325 e. The number of methoxy groups -OCH3 is 1. The second kappa shape index (κ2) is 9.22. The van der Waals surface area contributed by atoms with Crippen LogP contribution in [0.5, 0.6) is 0 Å². The zero-order chi connectivity index (χ0) is 17.4. The number of carbonyl (C=O) groups excluding carboxylic acids is 1. The van der Waals surface area contributed by atoms with Crippen molar-refractivity contribution in [3.05, 3.63) is 35.4 Å². The summed E-state index contributed by atoms with van der Waals surface area (Å²) in [6, 6.07) is 8.94. The first-order chi connectivity index (χ1) is 11.6. The van der Waals surface area contributed by atoms with Gasteiger partial charge in [0.15, 0.2) is 0 Å². The molecule has 0 amide bonds. The molecule has 24 heavy (non-hydrogen) atoms. The van der Waals surface area contributed by atoms with Crippen LogP contribution in [0, 0.1) is 0 Å². The fourth-order valence-corrected chi connectivity index (χ4v) is 3.81. The Morgan fingerprint density at radius 1 is 1.17 bits per heavy atom.